The van der Waals surface area contributed by atoms with Crippen LogP contribution in [-0.2, 0) is 16.0 Å². The summed E-state index contributed by atoms with van der Waals surface area (Å²) in [7, 11) is 0. The smallest absolute Gasteiger partial charge is 0.251 e. The Morgan fingerprint density at radius 2 is 1.82 bits per heavy atom. The van der Waals surface area contributed by atoms with Crippen molar-refractivity contribution < 1.29 is 14.4 Å². The Labute approximate surface area is 196 Å². The van der Waals surface area contributed by atoms with Gasteiger partial charge in [-0.2, -0.15) is 0 Å². The van der Waals surface area contributed by atoms with Gasteiger partial charge in [-0.25, -0.2) is 0 Å². The molecule has 0 radical (unpaired) electrons. The molecule has 3 amide bonds. The maximum absolute atomic E-state index is 12.9. The SMILES string of the molecule is C=CCNC(=O)[C@@H](NC(=O)c1cccc(C)c1)C1CCN(C(=O)CCc2ccccc2)CC1. The first-order valence-electron chi connectivity index (χ1n) is 11.6. The third-order valence-electron chi connectivity index (χ3n) is 6.10. The highest BCUT2D eigenvalue weighted by atomic mass is 16.2. The zero-order valence-corrected chi connectivity index (χ0v) is 19.3. The fourth-order valence-corrected chi connectivity index (χ4v) is 4.23. The lowest BCUT2D eigenvalue weighted by Crippen LogP contribution is -2.53. The van der Waals surface area contributed by atoms with Crippen LogP contribution in [-0.4, -0.2) is 48.3 Å². The van der Waals surface area contributed by atoms with E-state index < -0.39 is 6.04 Å². The average Bonchev–Trinajstić information content (AvgIpc) is 2.85. The first-order valence-corrected chi connectivity index (χ1v) is 11.6. The molecule has 33 heavy (non-hydrogen) atoms. The van der Waals surface area contributed by atoms with Crippen molar-refractivity contribution >= 4 is 17.7 Å². The molecule has 1 saturated heterocycles. The largest absolute Gasteiger partial charge is 0.351 e. The second-order valence-corrected chi connectivity index (χ2v) is 8.56. The van der Waals surface area contributed by atoms with Crippen molar-refractivity contribution in [2.75, 3.05) is 19.6 Å². The summed E-state index contributed by atoms with van der Waals surface area (Å²) >= 11 is 0. The number of hydrogen-bond acceptors (Lipinski definition) is 3. The monoisotopic (exact) mass is 447 g/mol. The molecule has 174 valence electrons. The molecule has 0 aliphatic carbocycles. The molecule has 0 saturated carbocycles. The molecule has 1 atom stereocenters. The minimum Gasteiger partial charge on any atom is -0.351 e. The predicted octanol–water partition coefficient (Wildman–Crippen LogP) is 3.27. The summed E-state index contributed by atoms with van der Waals surface area (Å²) in [6, 6.07) is 16.6. The Kier molecular flexibility index (Phi) is 8.81. The number of rotatable bonds is 9. The van der Waals surface area contributed by atoms with Gasteiger partial charge in [0.1, 0.15) is 6.04 Å². The fourth-order valence-electron chi connectivity index (χ4n) is 4.23. The van der Waals surface area contributed by atoms with Gasteiger partial charge in [0, 0.05) is 31.6 Å². The number of benzene rings is 2. The molecule has 1 heterocycles. The molecule has 1 fully saturated rings. The van der Waals surface area contributed by atoms with Crippen molar-refractivity contribution in [3.8, 4) is 0 Å². The molecule has 2 N–H and O–H groups in total. The molecule has 2 aromatic rings. The lowest BCUT2D eigenvalue weighted by atomic mass is 9.88. The van der Waals surface area contributed by atoms with Crippen LogP contribution in [0.1, 0.15) is 40.7 Å². The zero-order chi connectivity index (χ0) is 23.6. The molecule has 0 bridgehead atoms. The van der Waals surface area contributed by atoms with Gasteiger partial charge in [-0.1, -0.05) is 54.1 Å². The Morgan fingerprint density at radius 1 is 1.09 bits per heavy atom. The molecule has 6 nitrogen and oxygen atoms in total. The maximum atomic E-state index is 12.9. The van der Waals surface area contributed by atoms with E-state index in [1.807, 2.05) is 60.4 Å². The fraction of sp³-hybridized carbons (Fsp3) is 0.370. The van der Waals surface area contributed by atoms with Gasteiger partial charge in [-0.05, 0) is 49.8 Å². The summed E-state index contributed by atoms with van der Waals surface area (Å²) < 4.78 is 0. The number of nitrogens with zero attached hydrogens (tertiary/aromatic N) is 1. The van der Waals surface area contributed by atoms with E-state index in [1.54, 1.807) is 12.1 Å². The minimum absolute atomic E-state index is 0.0400. The molecule has 1 aliphatic heterocycles. The van der Waals surface area contributed by atoms with E-state index in [4.69, 9.17) is 0 Å². The van der Waals surface area contributed by atoms with E-state index in [-0.39, 0.29) is 23.6 Å². The van der Waals surface area contributed by atoms with E-state index in [2.05, 4.69) is 17.2 Å². The summed E-state index contributed by atoms with van der Waals surface area (Å²) in [6.07, 6.45) is 4.14. The zero-order valence-electron chi connectivity index (χ0n) is 19.3. The molecule has 0 spiro atoms. The summed E-state index contributed by atoms with van der Waals surface area (Å²) in [6.45, 7) is 7.09. The van der Waals surface area contributed by atoms with Crippen molar-refractivity contribution in [2.24, 2.45) is 5.92 Å². The second-order valence-electron chi connectivity index (χ2n) is 8.56. The van der Waals surface area contributed by atoms with Gasteiger partial charge in [0.2, 0.25) is 11.8 Å². The van der Waals surface area contributed by atoms with Crippen LogP contribution in [0.3, 0.4) is 0 Å². The quantitative estimate of drug-likeness (QED) is 0.579. The molecule has 0 unspecified atom stereocenters. The standard InChI is InChI=1S/C27H33N3O3/c1-3-16-28-27(33)25(29-26(32)23-11-7-8-20(2)19-23)22-14-17-30(18-15-22)24(31)13-12-21-9-5-4-6-10-21/h3-11,19,22,25H,1,12-18H2,2H3,(H,28,33)(H,29,32)/t25-/m0/s1. The highest BCUT2D eigenvalue weighted by molar-refractivity contribution is 5.97. The summed E-state index contributed by atoms with van der Waals surface area (Å²) in [5.41, 5.74) is 2.67. The van der Waals surface area contributed by atoms with Crippen LogP contribution >= 0.6 is 0 Å². The van der Waals surface area contributed by atoms with E-state index in [0.717, 1.165) is 17.5 Å². The first kappa shape index (κ1) is 24.2. The predicted molar refractivity (Wildman–Crippen MR) is 130 cm³/mol. The summed E-state index contributed by atoms with van der Waals surface area (Å²) in [5, 5.41) is 5.76. The normalized spacial score (nSPS) is 14.9. The van der Waals surface area contributed by atoms with E-state index in [0.29, 0.717) is 44.5 Å². The molecule has 3 rings (SSSR count). The number of aryl methyl sites for hydroxylation is 2. The van der Waals surface area contributed by atoms with Gasteiger partial charge >= 0.3 is 0 Å². The number of carbonyl (C=O) groups excluding carboxylic acids is 3. The number of carbonyl (C=O) groups is 3. The number of nitrogens with one attached hydrogen (secondary N) is 2. The van der Waals surface area contributed by atoms with Gasteiger partial charge in [-0.15, -0.1) is 6.58 Å². The average molecular weight is 448 g/mol. The number of hydrogen-bond donors (Lipinski definition) is 2. The third-order valence-corrected chi connectivity index (χ3v) is 6.10. The number of piperidine rings is 1. The highest BCUT2D eigenvalue weighted by Gasteiger charge is 2.33. The van der Waals surface area contributed by atoms with Crippen molar-refractivity contribution in [1.82, 2.24) is 15.5 Å². The van der Waals surface area contributed by atoms with Gasteiger partial charge in [0.25, 0.3) is 5.91 Å². The van der Waals surface area contributed by atoms with Gasteiger partial charge in [0.15, 0.2) is 0 Å². The highest BCUT2D eigenvalue weighted by Crippen LogP contribution is 2.22. The van der Waals surface area contributed by atoms with Gasteiger partial charge in [0.05, 0.1) is 0 Å². The van der Waals surface area contributed by atoms with Gasteiger partial charge < -0.3 is 15.5 Å². The van der Waals surface area contributed by atoms with Crippen molar-refractivity contribution in [2.45, 2.75) is 38.6 Å². The van der Waals surface area contributed by atoms with Crippen molar-refractivity contribution in [1.29, 1.82) is 0 Å². The molecule has 6 heteroatoms. The van der Waals surface area contributed by atoms with Crippen molar-refractivity contribution in [3.63, 3.8) is 0 Å². The molecule has 0 aromatic heterocycles. The Hall–Kier alpha value is -3.41. The van der Waals surface area contributed by atoms with Crippen LogP contribution in [0.4, 0.5) is 0 Å². The van der Waals surface area contributed by atoms with Crippen LogP contribution in [0.2, 0.25) is 0 Å². The summed E-state index contributed by atoms with van der Waals surface area (Å²) in [4.78, 5) is 40.3. The second kappa shape index (κ2) is 12.0. The van der Waals surface area contributed by atoms with Crippen LogP contribution in [0.25, 0.3) is 0 Å². The van der Waals surface area contributed by atoms with Crippen LogP contribution in [0, 0.1) is 12.8 Å². The Balaban J connectivity index is 1.59. The number of likely N-dealkylation sites (tertiary alicyclic amines) is 1. The van der Waals surface area contributed by atoms with E-state index in [1.165, 1.54) is 0 Å². The minimum atomic E-state index is -0.653. The first-order chi connectivity index (χ1) is 16.0. The van der Waals surface area contributed by atoms with E-state index >= 15 is 0 Å². The molecular weight excluding hydrogens is 414 g/mol. The van der Waals surface area contributed by atoms with Crippen LogP contribution in [0.5, 0.6) is 0 Å². The third kappa shape index (κ3) is 7.04. The molecular formula is C27H33N3O3. The Morgan fingerprint density at radius 3 is 2.48 bits per heavy atom. The molecule has 1 aliphatic rings. The summed E-state index contributed by atoms with van der Waals surface area (Å²) in [5.74, 6) is -0.390. The van der Waals surface area contributed by atoms with Crippen LogP contribution in [0.15, 0.2) is 67.3 Å². The van der Waals surface area contributed by atoms with E-state index in [9.17, 15) is 14.4 Å². The maximum Gasteiger partial charge on any atom is 0.251 e. The lowest BCUT2D eigenvalue weighted by molar-refractivity contribution is -0.133. The van der Waals surface area contributed by atoms with Crippen LogP contribution < -0.4 is 10.6 Å². The molecule has 2 aromatic carbocycles. The lowest BCUT2D eigenvalue weighted by Gasteiger charge is -2.36. The Bertz CT molecular complexity index is 966. The number of amides is 3. The van der Waals surface area contributed by atoms with Gasteiger partial charge in [-0.3, -0.25) is 14.4 Å². The van der Waals surface area contributed by atoms with Crippen molar-refractivity contribution in [3.05, 3.63) is 83.9 Å². The topological polar surface area (TPSA) is 78.5 Å².